The zero-order chi connectivity index (χ0) is 19.8. The number of likely N-dealkylation sites (tertiary alicyclic amines) is 1. The fourth-order valence-electron chi connectivity index (χ4n) is 3.39. The first kappa shape index (κ1) is 20.4. The summed E-state index contributed by atoms with van der Waals surface area (Å²) < 4.78 is 0. The average Bonchev–Trinajstić information content (AvgIpc) is 2.70. The number of nitrogens with one attached hydrogen (secondary N) is 2. The molecule has 5 nitrogen and oxygen atoms in total. The van der Waals surface area contributed by atoms with Crippen molar-refractivity contribution in [1.82, 2.24) is 10.2 Å². The molecule has 0 aliphatic carbocycles. The third-order valence-electron chi connectivity index (χ3n) is 4.95. The number of hydrogen-bond acceptors (Lipinski definition) is 3. The van der Waals surface area contributed by atoms with E-state index in [1.54, 1.807) is 12.1 Å². The summed E-state index contributed by atoms with van der Waals surface area (Å²) in [6.45, 7) is 1.92. The second-order valence-corrected chi connectivity index (χ2v) is 7.54. The van der Waals surface area contributed by atoms with Crippen LogP contribution in [-0.2, 0) is 16.0 Å². The van der Waals surface area contributed by atoms with Crippen LogP contribution in [0.25, 0.3) is 0 Å². The van der Waals surface area contributed by atoms with E-state index >= 15 is 0 Å². The molecule has 148 valence electrons. The Morgan fingerprint density at radius 2 is 1.64 bits per heavy atom. The number of piperidine rings is 1. The van der Waals surface area contributed by atoms with Gasteiger partial charge in [-0.1, -0.05) is 54.1 Å². The number of hydrogen-bond donors (Lipinski definition) is 2. The molecule has 0 atom stereocenters. The van der Waals surface area contributed by atoms with Crippen LogP contribution < -0.4 is 10.6 Å². The van der Waals surface area contributed by atoms with Crippen LogP contribution in [0, 0.1) is 0 Å². The van der Waals surface area contributed by atoms with Crippen molar-refractivity contribution in [3.05, 3.63) is 65.2 Å². The molecule has 1 aliphatic heterocycles. The van der Waals surface area contributed by atoms with Crippen molar-refractivity contribution in [1.29, 1.82) is 0 Å². The molecule has 3 rings (SSSR count). The van der Waals surface area contributed by atoms with E-state index in [-0.39, 0.29) is 17.9 Å². The molecule has 0 unspecified atom stereocenters. The predicted octanol–water partition coefficient (Wildman–Crippen LogP) is 3.49. The van der Waals surface area contributed by atoms with Crippen molar-refractivity contribution in [3.8, 4) is 0 Å². The standard InChI is InChI=1S/C22H26ClN3O2/c23-19-8-4-5-9-20(19)25-22(28)16-26-14-12-18(13-15-26)24-21(27)11-10-17-6-2-1-3-7-17/h1-9,18H,10-16H2,(H,24,27)(H,25,28). The van der Waals surface area contributed by atoms with Gasteiger partial charge < -0.3 is 10.6 Å². The maximum Gasteiger partial charge on any atom is 0.238 e. The Morgan fingerprint density at radius 1 is 0.964 bits per heavy atom. The summed E-state index contributed by atoms with van der Waals surface area (Å²) in [5.41, 5.74) is 1.81. The molecule has 0 aromatic heterocycles. The van der Waals surface area contributed by atoms with Crippen LogP contribution in [0.2, 0.25) is 5.02 Å². The molecule has 2 amide bonds. The van der Waals surface area contributed by atoms with Gasteiger partial charge in [0.15, 0.2) is 0 Å². The highest BCUT2D eigenvalue weighted by atomic mass is 35.5. The van der Waals surface area contributed by atoms with Crippen molar-refractivity contribution in [2.24, 2.45) is 0 Å². The van der Waals surface area contributed by atoms with Crippen molar-refractivity contribution in [3.63, 3.8) is 0 Å². The van der Waals surface area contributed by atoms with Crippen LogP contribution in [-0.4, -0.2) is 42.4 Å². The predicted molar refractivity (Wildman–Crippen MR) is 112 cm³/mol. The minimum atomic E-state index is -0.0709. The molecule has 0 radical (unpaired) electrons. The quantitative estimate of drug-likeness (QED) is 0.749. The van der Waals surface area contributed by atoms with E-state index in [1.165, 1.54) is 5.56 Å². The van der Waals surface area contributed by atoms with E-state index < -0.39 is 0 Å². The third-order valence-corrected chi connectivity index (χ3v) is 5.28. The SMILES string of the molecule is O=C(CN1CCC(NC(=O)CCc2ccccc2)CC1)Nc1ccccc1Cl. The van der Waals surface area contributed by atoms with Crippen LogP contribution in [0.1, 0.15) is 24.8 Å². The zero-order valence-corrected chi connectivity index (χ0v) is 16.6. The topological polar surface area (TPSA) is 61.4 Å². The van der Waals surface area contributed by atoms with Gasteiger partial charge in [-0.25, -0.2) is 0 Å². The van der Waals surface area contributed by atoms with E-state index in [1.807, 2.05) is 42.5 Å². The van der Waals surface area contributed by atoms with Gasteiger partial charge in [-0.2, -0.15) is 0 Å². The largest absolute Gasteiger partial charge is 0.353 e. The summed E-state index contributed by atoms with van der Waals surface area (Å²) in [7, 11) is 0. The molecular formula is C22H26ClN3O2. The lowest BCUT2D eigenvalue weighted by Gasteiger charge is -2.31. The van der Waals surface area contributed by atoms with Gasteiger partial charge in [0.1, 0.15) is 0 Å². The summed E-state index contributed by atoms with van der Waals surface area (Å²) >= 11 is 6.07. The Labute approximate surface area is 171 Å². The van der Waals surface area contributed by atoms with Crippen molar-refractivity contribution in [2.75, 3.05) is 25.0 Å². The van der Waals surface area contributed by atoms with Crippen molar-refractivity contribution >= 4 is 29.1 Å². The third kappa shape index (κ3) is 6.36. The Hall–Kier alpha value is -2.37. The summed E-state index contributed by atoms with van der Waals surface area (Å²) in [4.78, 5) is 26.5. The first-order valence-electron chi connectivity index (χ1n) is 9.70. The summed E-state index contributed by atoms with van der Waals surface area (Å²) in [5, 5.41) is 6.51. The normalized spacial score (nSPS) is 15.2. The first-order valence-corrected chi connectivity index (χ1v) is 10.1. The number of carbonyl (C=O) groups excluding carboxylic acids is 2. The second-order valence-electron chi connectivity index (χ2n) is 7.13. The molecule has 0 saturated carbocycles. The lowest BCUT2D eigenvalue weighted by molar-refractivity contribution is -0.122. The van der Waals surface area contributed by atoms with Gasteiger partial charge >= 0.3 is 0 Å². The van der Waals surface area contributed by atoms with Crippen LogP contribution in [0.4, 0.5) is 5.69 Å². The van der Waals surface area contributed by atoms with Gasteiger partial charge in [-0.15, -0.1) is 0 Å². The Bertz CT molecular complexity index is 789. The van der Waals surface area contributed by atoms with Gasteiger partial charge in [-0.3, -0.25) is 14.5 Å². The van der Waals surface area contributed by atoms with Crippen LogP contribution in [0.5, 0.6) is 0 Å². The monoisotopic (exact) mass is 399 g/mol. The van der Waals surface area contributed by atoms with Crippen LogP contribution >= 0.6 is 11.6 Å². The molecule has 1 heterocycles. The van der Waals surface area contributed by atoms with E-state index in [0.29, 0.717) is 23.7 Å². The lowest BCUT2D eigenvalue weighted by atomic mass is 10.0. The first-order chi connectivity index (χ1) is 13.6. The van der Waals surface area contributed by atoms with Gasteiger partial charge in [0.25, 0.3) is 0 Å². The van der Waals surface area contributed by atoms with Gasteiger partial charge in [0.2, 0.25) is 11.8 Å². The van der Waals surface area contributed by atoms with Crippen molar-refractivity contribution < 1.29 is 9.59 Å². The van der Waals surface area contributed by atoms with Crippen molar-refractivity contribution in [2.45, 2.75) is 31.7 Å². The molecule has 0 bridgehead atoms. The van der Waals surface area contributed by atoms with E-state index in [9.17, 15) is 9.59 Å². The van der Waals surface area contributed by atoms with Gasteiger partial charge in [0, 0.05) is 25.6 Å². The molecule has 1 saturated heterocycles. The Balaban J connectivity index is 1.35. The highest BCUT2D eigenvalue weighted by Gasteiger charge is 2.22. The van der Waals surface area contributed by atoms with E-state index in [0.717, 1.165) is 32.4 Å². The molecule has 1 fully saturated rings. The molecular weight excluding hydrogens is 374 g/mol. The average molecular weight is 400 g/mol. The van der Waals surface area contributed by atoms with Gasteiger partial charge in [0.05, 0.1) is 17.3 Å². The van der Waals surface area contributed by atoms with Crippen LogP contribution in [0.3, 0.4) is 0 Å². The minimum Gasteiger partial charge on any atom is -0.353 e. The second kappa shape index (κ2) is 10.2. The Morgan fingerprint density at radius 3 is 2.36 bits per heavy atom. The van der Waals surface area contributed by atoms with Gasteiger partial charge in [-0.05, 0) is 37.0 Å². The molecule has 28 heavy (non-hydrogen) atoms. The number of benzene rings is 2. The fourth-order valence-corrected chi connectivity index (χ4v) is 3.58. The van der Waals surface area contributed by atoms with E-state index in [2.05, 4.69) is 15.5 Å². The Kier molecular flexibility index (Phi) is 7.46. The summed E-state index contributed by atoms with van der Waals surface area (Å²) in [6, 6.07) is 17.4. The summed E-state index contributed by atoms with van der Waals surface area (Å²) in [6.07, 6.45) is 2.98. The maximum atomic E-state index is 12.2. The number of anilines is 1. The number of rotatable bonds is 7. The number of carbonyl (C=O) groups is 2. The molecule has 1 aliphatic rings. The molecule has 2 N–H and O–H groups in total. The van der Waals surface area contributed by atoms with E-state index in [4.69, 9.17) is 11.6 Å². The molecule has 2 aromatic carbocycles. The number of para-hydroxylation sites is 1. The molecule has 0 spiro atoms. The zero-order valence-electron chi connectivity index (χ0n) is 15.9. The maximum absolute atomic E-state index is 12.2. The fraction of sp³-hybridized carbons (Fsp3) is 0.364. The number of aryl methyl sites for hydroxylation is 1. The minimum absolute atomic E-state index is 0.0709. The molecule has 6 heteroatoms. The highest BCUT2D eigenvalue weighted by Crippen LogP contribution is 2.20. The smallest absolute Gasteiger partial charge is 0.238 e. The molecule has 2 aromatic rings. The number of halogens is 1. The number of amides is 2. The summed E-state index contributed by atoms with van der Waals surface area (Å²) in [5.74, 6) is 0.0252. The lowest BCUT2D eigenvalue weighted by Crippen LogP contribution is -2.46. The number of nitrogens with zero attached hydrogens (tertiary/aromatic N) is 1. The highest BCUT2D eigenvalue weighted by molar-refractivity contribution is 6.33. The van der Waals surface area contributed by atoms with Crippen LogP contribution in [0.15, 0.2) is 54.6 Å².